The van der Waals surface area contributed by atoms with E-state index in [0.29, 0.717) is 0 Å². The fraction of sp³-hybridized carbons (Fsp3) is 0.148. The van der Waals surface area contributed by atoms with E-state index in [2.05, 4.69) is 222 Å². The molecule has 296 valence electrons. The summed E-state index contributed by atoms with van der Waals surface area (Å²) < 4.78 is 2.51. The minimum absolute atomic E-state index is 0.0514. The van der Waals surface area contributed by atoms with E-state index in [1.54, 1.807) is 0 Å². The molecule has 13 rings (SSSR count). The normalized spacial score (nSPS) is 15.6. The molecular formula is C61H47N. The third kappa shape index (κ3) is 4.58. The van der Waals surface area contributed by atoms with Gasteiger partial charge in [0.2, 0.25) is 0 Å². The Labute approximate surface area is 364 Å². The molecule has 0 radical (unpaired) electrons. The van der Waals surface area contributed by atoms with Crippen LogP contribution in [0.25, 0.3) is 93.9 Å². The third-order valence-electron chi connectivity index (χ3n) is 15.4. The molecule has 9 aromatic carbocycles. The van der Waals surface area contributed by atoms with Crippen molar-refractivity contribution in [1.82, 2.24) is 4.57 Å². The van der Waals surface area contributed by atoms with Crippen molar-refractivity contribution in [2.45, 2.75) is 57.8 Å². The van der Waals surface area contributed by atoms with Crippen LogP contribution >= 0.6 is 0 Å². The smallest absolute Gasteiger partial charge is 0.0547 e. The van der Waals surface area contributed by atoms with Crippen molar-refractivity contribution in [2.24, 2.45) is 0 Å². The second-order valence-electron chi connectivity index (χ2n) is 19.7. The Bertz CT molecular complexity index is 3590. The van der Waals surface area contributed by atoms with Gasteiger partial charge in [0.25, 0.3) is 0 Å². The number of rotatable bonds is 3. The van der Waals surface area contributed by atoms with E-state index in [1.165, 1.54) is 127 Å². The predicted octanol–water partition coefficient (Wildman–Crippen LogP) is 16.2. The molecule has 1 heteroatoms. The summed E-state index contributed by atoms with van der Waals surface area (Å²) in [6.45, 7) is 14.4. The zero-order valence-electron chi connectivity index (χ0n) is 36.2. The maximum absolute atomic E-state index is 2.53. The highest BCUT2D eigenvalue weighted by molar-refractivity contribution is 6.15. The van der Waals surface area contributed by atoms with Crippen molar-refractivity contribution < 1.29 is 0 Å². The summed E-state index contributed by atoms with van der Waals surface area (Å²) in [5, 5.41) is 5.19. The Hall–Kier alpha value is -6.96. The predicted molar refractivity (Wildman–Crippen MR) is 262 cm³/mol. The summed E-state index contributed by atoms with van der Waals surface area (Å²) in [6.07, 6.45) is 0. The first kappa shape index (κ1) is 35.8. The number of nitrogens with zero attached hydrogens (tertiary/aromatic N) is 1. The van der Waals surface area contributed by atoms with Gasteiger partial charge in [-0.1, -0.05) is 169 Å². The summed E-state index contributed by atoms with van der Waals surface area (Å²) in [5.41, 5.74) is 25.0. The van der Waals surface area contributed by atoms with Crippen LogP contribution in [-0.2, 0) is 16.2 Å². The minimum Gasteiger partial charge on any atom is -0.309 e. The van der Waals surface area contributed by atoms with Crippen molar-refractivity contribution in [3.05, 3.63) is 209 Å². The highest BCUT2D eigenvalue weighted by Gasteiger charge is 2.40. The number of fused-ring (bicyclic) bond motifs is 14. The lowest BCUT2D eigenvalue weighted by Gasteiger charge is -2.24. The largest absolute Gasteiger partial charge is 0.309 e. The number of hydrogen-bond acceptors (Lipinski definition) is 0. The molecule has 0 fully saturated rings. The van der Waals surface area contributed by atoms with Gasteiger partial charge in [-0.3, -0.25) is 0 Å². The lowest BCUT2D eigenvalue weighted by molar-refractivity contribution is 0.660. The molecule has 1 nitrogen and oxygen atoms in total. The Morgan fingerprint density at radius 2 is 0.790 bits per heavy atom. The van der Waals surface area contributed by atoms with Gasteiger partial charge in [0, 0.05) is 32.7 Å². The lowest BCUT2D eigenvalue weighted by Crippen LogP contribution is -2.15. The zero-order chi connectivity index (χ0) is 41.9. The van der Waals surface area contributed by atoms with Crippen molar-refractivity contribution in [2.75, 3.05) is 0 Å². The number of aromatic nitrogens is 1. The Balaban J connectivity index is 1.01. The molecule has 0 atom stereocenters. The van der Waals surface area contributed by atoms with Crippen LogP contribution in [0.4, 0.5) is 0 Å². The van der Waals surface area contributed by atoms with Crippen LogP contribution in [0.15, 0.2) is 176 Å². The van der Waals surface area contributed by atoms with Gasteiger partial charge < -0.3 is 4.57 Å². The van der Waals surface area contributed by atoms with Crippen LogP contribution in [0, 0.1) is 0 Å². The molecule has 0 bridgehead atoms. The molecule has 3 aliphatic rings. The van der Waals surface area contributed by atoms with Crippen LogP contribution < -0.4 is 0 Å². The Morgan fingerprint density at radius 3 is 1.48 bits per heavy atom. The average Bonchev–Trinajstić information content (AvgIpc) is 3.91. The van der Waals surface area contributed by atoms with Crippen molar-refractivity contribution in [3.8, 4) is 61.3 Å². The number of para-hydroxylation sites is 1. The second-order valence-corrected chi connectivity index (χ2v) is 19.7. The van der Waals surface area contributed by atoms with Crippen LogP contribution in [0.3, 0.4) is 0 Å². The average molecular weight is 794 g/mol. The summed E-state index contributed by atoms with van der Waals surface area (Å²) in [7, 11) is 0. The summed E-state index contributed by atoms with van der Waals surface area (Å²) in [5.74, 6) is 0. The first-order valence-corrected chi connectivity index (χ1v) is 22.3. The topological polar surface area (TPSA) is 4.93 Å². The van der Waals surface area contributed by atoms with E-state index in [4.69, 9.17) is 0 Å². The molecule has 10 aromatic rings. The number of hydrogen-bond donors (Lipinski definition) is 0. The van der Waals surface area contributed by atoms with Gasteiger partial charge in [-0.25, -0.2) is 0 Å². The SMILES string of the molecule is CC1(C)c2ccccc2-c2ccc(-c3ccc4c5cc6c(cc5n(-c5ccccc5)c4c3)C(C)(C)c3cc(-c4ccc5c(c4)C(C)(C)c4ccccc4-5)c4ccccc4c3-6)cc21. The molecule has 3 aliphatic carbocycles. The lowest BCUT2D eigenvalue weighted by atomic mass is 9.79. The van der Waals surface area contributed by atoms with Crippen molar-refractivity contribution in [3.63, 3.8) is 0 Å². The van der Waals surface area contributed by atoms with E-state index >= 15 is 0 Å². The van der Waals surface area contributed by atoms with E-state index in [-0.39, 0.29) is 16.2 Å². The first-order valence-electron chi connectivity index (χ1n) is 22.3. The van der Waals surface area contributed by atoms with Gasteiger partial charge in [-0.15, -0.1) is 0 Å². The fourth-order valence-corrected chi connectivity index (χ4v) is 12.1. The zero-order valence-corrected chi connectivity index (χ0v) is 36.2. The summed E-state index contributed by atoms with van der Waals surface area (Å²) in [6, 6.07) is 67.0. The van der Waals surface area contributed by atoms with Crippen LogP contribution in [0.5, 0.6) is 0 Å². The monoisotopic (exact) mass is 793 g/mol. The van der Waals surface area contributed by atoms with Gasteiger partial charge in [-0.05, 0) is 148 Å². The van der Waals surface area contributed by atoms with Gasteiger partial charge in [0.05, 0.1) is 11.0 Å². The van der Waals surface area contributed by atoms with Gasteiger partial charge in [0.15, 0.2) is 0 Å². The van der Waals surface area contributed by atoms with E-state index in [1.807, 2.05) is 0 Å². The van der Waals surface area contributed by atoms with Gasteiger partial charge >= 0.3 is 0 Å². The molecule has 0 unspecified atom stereocenters. The van der Waals surface area contributed by atoms with E-state index < -0.39 is 0 Å². The molecule has 1 heterocycles. The molecule has 0 spiro atoms. The minimum atomic E-state index is -0.220. The standard InChI is InChI=1S/C61H47N/c1-59(2)50-22-14-12-19-41(50)43-27-24-36(30-52(43)59)37-25-29-45-48-33-49-54(35-57(48)62(56(45)32-37)39-16-8-7-9-17-39)61(5,6)55-34-47(40-18-10-11-21-46(40)58(49)55)38-26-28-44-42-20-13-15-23-51(42)60(3,4)53(44)31-38/h7-35H,1-6H3. The molecular weight excluding hydrogens is 747 g/mol. The Morgan fingerprint density at radius 1 is 0.290 bits per heavy atom. The summed E-state index contributed by atoms with van der Waals surface area (Å²) in [4.78, 5) is 0. The van der Waals surface area contributed by atoms with E-state index in [0.717, 1.165) is 0 Å². The maximum atomic E-state index is 2.53. The molecule has 1 aromatic heterocycles. The van der Waals surface area contributed by atoms with Gasteiger partial charge in [-0.2, -0.15) is 0 Å². The molecule has 62 heavy (non-hydrogen) atoms. The summed E-state index contributed by atoms with van der Waals surface area (Å²) >= 11 is 0. The van der Waals surface area contributed by atoms with Crippen molar-refractivity contribution in [1.29, 1.82) is 0 Å². The fourth-order valence-electron chi connectivity index (χ4n) is 12.1. The highest BCUT2D eigenvalue weighted by Crippen LogP contribution is 2.56. The van der Waals surface area contributed by atoms with Crippen molar-refractivity contribution >= 4 is 32.6 Å². The van der Waals surface area contributed by atoms with Crippen LogP contribution in [0.1, 0.15) is 74.9 Å². The molecule has 0 aliphatic heterocycles. The van der Waals surface area contributed by atoms with Gasteiger partial charge in [0.1, 0.15) is 0 Å². The molecule has 0 N–H and O–H groups in total. The third-order valence-corrected chi connectivity index (χ3v) is 15.4. The molecule has 0 amide bonds. The molecule has 0 saturated heterocycles. The maximum Gasteiger partial charge on any atom is 0.0547 e. The number of benzene rings is 9. The first-order chi connectivity index (χ1) is 30.0. The quantitative estimate of drug-likeness (QED) is 0.168. The van der Waals surface area contributed by atoms with E-state index in [9.17, 15) is 0 Å². The molecule has 0 saturated carbocycles. The van der Waals surface area contributed by atoms with Crippen LogP contribution in [-0.4, -0.2) is 4.57 Å². The highest BCUT2D eigenvalue weighted by atomic mass is 15.0. The second kappa shape index (κ2) is 12.1. The van der Waals surface area contributed by atoms with Crippen LogP contribution in [0.2, 0.25) is 0 Å². The Kier molecular flexibility index (Phi) is 6.99.